The van der Waals surface area contributed by atoms with Gasteiger partial charge in [-0.3, -0.25) is 4.79 Å². The van der Waals surface area contributed by atoms with Gasteiger partial charge in [0.15, 0.2) is 6.29 Å². The molecule has 2 nitrogen and oxygen atoms in total. The molecule has 1 rings (SSSR count). The quantitative estimate of drug-likeness (QED) is 0.666. The highest BCUT2D eigenvalue weighted by Gasteiger charge is 1.99. The summed E-state index contributed by atoms with van der Waals surface area (Å²) in [4.78, 5) is 10.4. The molecule has 0 aliphatic carbocycles. The number of hydrogen-bond donors (Lipinski definition) is 0. The van der Waals surface area contributed by atoms with Crippen molar-refractivity contribution in [2.45, 2.75) is 0 Å². The highest BCUT2D eigenvalue weighted by molar-refractivity contribution is 9.10. The summed E-state index contributed by atoms with van der Waals surface area (Å²) in [6, 6.07) is 6.87. The average molecular weight is 210 g/mol. The van der Waals surface area contributed by atoms with Gasteiger partial charge in [-0.15, -0.1) is 0 Å². The Kier molecular flexibility index (Phi) is 2.40. The predicted octanol–water partition coefficient (Wildman–Crippen LogP) is 2.13. The zero-order valence-electron chi connectivity index (χ0n) is 5.54. The molecule has 3 heteroatoms. The van der Waals surface area contributed by atoms with Gasteiger partial charge in [-0.1, -0.05) is 15.9 Å². The number of hydrogen-bond acceptors (Lipinski definition) is 2. The number of carbonyl (C=O) groups excluding carboxylic acids is 1. The summed E-state index contributed by atoms with van der Waals surface area (Å²) in [5.41, 5.74) is 0.824. The zero-order chi connectivity index (χ0) is 8.27. The van der Waals surface area contributed by atoms with E-state index in [0.29, 0.717) is 17.4 Å². The van der Waals surface area contributed by atoms with Crippen LogP contribution >= 0.6 is 15.9 Å². The lowest BCUT2D eigenvalue weighted by atomic mass is 10.1. The summed E-state index contributed by atoms with van der Waals surface area (Å²) in [6.07, 6.45) is 0.670. The van der Waals surface area contributed by atoms with Crippen molar-refractivity contribution in [2.24, 2.45) is 0 Å². The maximum Gasteiger partial charge on any atom is 0.151 e. The molecule has 0 radical (unpaired) electrons. The van der Waals surface area contributed by atoms with Crippen molar-refractivity contribution in [1.29, 1.82) is 5.26 Å². The molecule has 0 spiro atoms. The Hall–Kier alpha value is -1.14. The van der Waals surface area contributed by atoms with Crippen molar-refractivity contribution in [2.75, 3.05) is 0 Å². The molecule has 1 aromatic rings. The number of aldehydes is 1. The highest BCUT2D eigenvalue weighted by Crippen LogP contribution is 2.14. The molecule has 11 heavy (non-hydrogen) atoms. The van der Waals surface area contributed by atoms with Crippen LogP contribution in [-0.2, 0) is 0 Å². The smallest absolute Gasteiger partial charge is 0.151 e. The third-order valence-corrected chi connectivity index (χ3v) is 1.75. The average Bonchev–Trinajstić information content (AvgIpc) is 2.04. The third kappa shape index (κ3) is 1.66. The molecule has 0 heterocycles. The van der Waals surface area contributed by atoms with Crippen LogP contribution in [0.4, 0.5) is 0 Å². The maximum absolute atomic E-state index is 10.4. The fourth-order valence-corrected chi connectivity index (χ4v) is 1.11. The second-order valence-corrected chi connectivity index (χ2v) is 2.88. The zero-order valence-corrected chi connectivity index (χ0v) is 7.13. The van der Waals surface area contributed by atoms with Gasteiger partial charge in [-0.25, -0.2) is 0 Å². The van der Waals surface area contributed by atoms with Crippen molar-refractivity contribution in [3.8, 4) is 6.07 Å². The van der Waals surface area contributed by atoms with Gasteiger partial charge in [-0.2, -0.15) is 5.26 Å². The highest BCUT2D eigenvalue weighted by atomic mass is 79.9. The van der Waals surface area contributed by atoms with Gasteiger partial charge in [0.1, 0.15) is 0 Å². The number of rotatable bonds is 1. The Morgan fingerprint density at radius 3 is 2.82 bits per heavy atom. The molecular weight excluding hydrogens is 206 g/mol. The lowest BCUT2D eigenvalue weighted by molar-refractivity contribution is 0.112. The van der Waals surface area contributed by atoms with Gasteiger partial charge in [0.25, 0.3) is 0 Å². The number of halogens is 1. The van der Waals surface area contributed by atoms with Gasteiger partial charge < -0.3 is 0 Å². The topological polar surface area (TPSA) is 40.9 Å². The van der Waals surface area contributed by atoms with Crippen LogP contribution in [0.2, 0.25) is 0 Å². The second-order valence-electron chi connectivity index (χ2n) is 1.96. The molecule has 0 aliphatic rings. The summed E-state index contributed by atoms with van der Waals surface area (Å²) in [5.74, 6) is 0. The summed E-state index contributed by atoms with van der Waals surface area (Å²) >= 11 is 3.20. The molecule has 0 amide bonds. The van der Waals surface area contributed by atoms with Gasteiger partial charge in [0.2, 0.25) is 0 Å². The van der Waals surface area contributed by atoms with Crippen LogP contribution in [0.3, 0.4) is 0 Å². The molecule has 0 unspecified atom stereocenters. The molecule has 0 saturated carbocycles. The molecule has 1 aromatic carbocycles. The van der Waals surface area contributed by atoms with E-state index < -0.39 is 0 Å². The van der Waals surface area contributed by atoms with Crippen molar-refractivity contribution < 1.29 is 4.79 Å². The third-order valence-electron chi connectivity index (χ3n) is 1.26. The Balaban J connectivity index is 3.30. The number of carbonyl (C=O) groups is 1. The minimum absolute atomic E-state index is 0.406. The molecule has 0 bridgehead atoms. The van der Waals surface area contributed by atoms with E-state index in [1.54, 1.807) is 18.2 Å². The molecule has 0 saturated heterocycles. The van der Waals surface area contributed by atoms with E-state index in [0.717, 1.165) is 4.47 Å². The minimum Gasteiger partial charge on any atom is -0.298 e. The summed E-state index contributed by atoms with van der Waals surface area (Å²) in [7, 11) is 0. The Labute approximate surface area is 72.6 Å². The molecule has 0 fully saturated rings. The molecule has 54 valence electrons. The van der Waals surface area contributed by atoms with E-state index >= 15 is 0 Å². The van der Waals surface area contributed by atoms with Crippen LogP contribution in [0.25, 0.3) is 0 Å². The molecule has 0 aromatic heterocycles. The van der Waals surface area contributed by atoms with E-state index in [4.69, 9.17) is 5.26 Å². The first-order chi connectivity index (χ1) is 5.27. The Morgan fingerprint density at radius 2 is 2.27 bits per heavy atom. The first-order valence-electron chi connectivity index (χ1n) is 2.93. The lowest BCUT2D eigenvalue weighted by Gasteiger charge is -1.94. The monoisotopic (exact) mass is 209 g/mol. The van der Waals surface area contributed by atoms with Crippen LogP contribution < -0.4 is 0 Å². The Bertz CT molecular complexity index is 327. The van der Waals surface area contributed by atoms with Crippen molar-refractivity contribution in [3.05, 3.63) is 33.8 Å². The van der Waals surface area contributed by atoms with Gasteiger partial charge >= 0.3 is 0 Å². The molecule has 0 atom stereocenters. The number of nitriles is 1. The first-order valence-corrected chi connectivity index (χ1v) is 3.72. The fourth-order valence-electron chi connectivity index (χ4n) is 0.733. The van der Waals surface area contributed by atoms with E-state index in [1.165, 1.54) is 0 Å². The summed E-state index contributed by atoms with van der Waals surface area (Å²) in [6.45, 7) is 0. The predicted molar refractivity (Wildman–Crippen MR) is 44.2 cm³/mol. The van der Waals surface area contributed by atoms with Crippen molar-refractivity contribution >= 4 is 22.2 Å². The van der Waals surface area contributed by atoms with Crippen LogP contribution in [0.5, 0.6) is 0 Å². The summed E-state index contributed by atoms with van der Waals surface area (Å²) in [5, 5.41) is 8.52. The molecule has 0 aliphatic heterocycles. The second kappa shape index (κ2) is 3.31. The van der Waals surface area contributed by atoms with Crippen molar-refractivity contribution in [1.82, 2.24) is 0 Å². The van der Waals surface area contributed by atoms with Gasteiger partial charge in [-0.05, 0) is 18.2 Å². The Morgan fingerprint density at radius 1 is 1.55 bits per heavy atom. The van der Waals surface area contributed by atoms with Crippen LogP contribution in [0, 0.1) is 11.3 Å². The van der Waals surface area contributed by atoms with Crippen LogP contribution in [-0.4, -0.2) is 6.29 Å². The fraction of sp³-hybridized carbons (Fsp3) is 0. The maximum atomic E-state index is 10.4. The van der Waals surface area contributed by atoms with Gasteiger partial charge in [0.05, 0.1) is 11.6 Å². The van der Waals surface area contributed by atoms with E-state index in [9.17, 15) is 4.79 Å². The molecular formula is C8H4BrNO. The first kappa shape index (κ1) is 7.96. The SMILES string of the molecule is N#Cc1ccc(Br)cc1C=O. The number of nitrogens with zero attached hydrogens (tertiary/aromatic N) is 1. The number of benzene rings is 1. The summed E-state index contributed by atoms with van der Waals surface area (Å²) < 4.78 is 0.804. The standard InChI is InChI=1S/C8H4BrNO/c9-8-2-1-6(4-10)7(3-8)5-11/h1-3,5H. The van der Waals surface area contributed by atoms with Crippen LogP contribution in [0.15, 0.2) is 22.7 Å². The van der Waals surface area contributed by atoms with E-state index in [-0.39, 0.29) is 0 Å². The van der Waals surface area contributed by atoms with E-state index in [1.807, 2.05) is 6.07 Å². The van der Waals surface area contributed by atoms with Crippen molar-refractivity contribution in [3.63, 3.8) is 0 Å². The largest absolute Gasteiger partial charge is 0.298 e. The van der Waals surface area contributed by atoms with Crippen LogP contribution in [0.1, 0.15) is 15.9 Å². The minimum atomic E-state index is 0.406. The molecule has 0 N–H and O–H groups in total. The van der Waals surface area contributed by atoms with Gasteiger partial charge in [0, 0.05) is 10.0 Å². The van der Waals surface area contributed by atoms with E-state index in [2.05, 4.69) is 15.9 Å². The lowest BCUT2D eigenvalue weighted by Crippen LogP contribution is -1.85. The normalized spacial score (nSPS) is 8.73.